The van der Waals surface area contributed by atoms with Gasteiger partial charge in [-0.3, -0.25) is 19.2 Å². The first-order chi connectivity index (χ1) is 59.2. The number of H-pyrrole nitrogens is 4. The molecule has 20 heteroatoms. The Hall–Kier alpha value is -14.3. The molecule has 16 nitrogen and oxygen atoms in total. The molecule has 0 amide bonds. The minimum Gasteiger partial charge on any atom is -0.473 e. The Balaban J connectivity index is 0.686. The molecule has 580 valence electrons. The van der Waals surface area contributed by atoms with Crippen molar-refractivity contribution in [2.24, 2.45) is 0 Å². The van der Waals surface area contributed by atoms with Gasteiger partial charge in [-0.15, -0.1) is 0 Å². The van der Waals surface area contributed by atoms with Crippen LogP contribution < -0.4 is 59.9 Å². The predicted molar refractivity (Wildman–Crippen MR) is 474 cm³/mol. The SMILES string of the molecule is O=Cc1ccc2c(c1)Sc1ccccc1N2COc1ccc(C2=c3ccc([nH]3)=C(c3ccc(OCN4c5ccccc5Sc5cc(C=O)ccc54)cc3)c3ccc([nH]3)C(c3ccc(OCN4c5ccccc5Sc5cc(C=O)ccc54)cc3)=c3ccc([nH]3)=C(c3ccc(OCN4c5ccccc5Sc5cc(C=O)ccc54)cc3)c3ccc2[nH]3)cc1. The molecule has 0 radical (unpaired) electrons. The van der Waals surface area contributed by atoms with Crippen LogP contribution in [-0.2, 0) is 0 Å². The zero-order chi connectivity index (χ0) is 80.3. The standard InChI is InChI=1S/C100H68N8O8S4/c109-53-61-17-45-85-93(49-61)117-89-13-5-1-9-81(89)105(85)57-113-69-29-21-65(22-30-69)97-73-37-39-75(101-73)98(66-23-31-70(32-24-66)114-58-106-82-10-2-6-14-90(82)118-94-50-62(54-110)18-46-86(94)106)77-41-43-79(103-77)100(68-27-35-72(36-28-68)116-60-108-84-12-4-8-16-92(84)120-96-52-64(56-112)20-48-88(96)108)80-44-42-78(104-80)99(76-40-38-74(97)102-76)67-25-33-71(34-26-67)115-59-107-83-11-3-7-15-91(83)119-95-51-63(55-111)19-47-87(95)107/h1-56,101-104H,57-60H2. The summed E-state index contributed by atoms with van der Waals surface area (Å²) in [6.45, 7) is 0.861. The number of carbonyl (C=O) groups excluding carboxylic acids is 4. The predicted octanol–water partition coefficient (Wildman–Crippen LogP) is 20.1. The molecule has 0 saturated carbocycles. The molecule has 5 aliphatic rings. The van der Waals surface area contributed by atoms with Crippen LogP contribution in [0.4, 0.5) is 45.5 Å². The van der Waals surface area contributed by atoms with E-state index in [-0.39, 0.29) is 26.9 Å². The quantitative estimate of drug-likeness (QED) is 0.0529. The number of carbonyl (C=O) groups is 4. The number of nitrogens with zero attached hydrogens (tertiary/aromatic N) is 4. The highest BCUT2D eigenvalue weighted by Gasteiger charge is 2.30. The molecule has 0 fully saturated rings. The zero-order valence-electron chi connectivity index (χ0n) is 63.8. The Bertz CT molecular complexity index is 6250. The molecular formula is C100H68N8O8S4. The van der Waals surface area contributed by atoms with Crippen molar-refractivity contribution in [3.63, 3.8) is 0 Å². The molecule has 120 heavy (non-hydrogen) atoms. The second-order valence-corrected chi connectivity index (χ2v) is 33.5. The summed E-state index contributed by atoms with van der Waals surface area (Å²) in [5.41, 5.74) is 21.0. The van der Waals surface area contributed by atoms with Gasteiger partial charge < -0.3 is 58.5 Å². The van der Waals surface area contributed by atoms with Gasteiger partial charge in [0.25, 0.3) is 0 Å². The Labute approximate surface area is 705 Å². The fraction of sp³-hybridized carbons (Fsp3) is 0.0400. The van der Waals surface area contributed by atoms with Crippen molar-refractivity contribution >= 4 is 140 Å². The smallest absolute Gasteiger partial charge is 0.165 e. The van der Waals surface area contributed by atoms with Crippen molar-refractivity contribution in [2.75, 3.05) is 46.5 Å². The lowest BCUT2D eigenvalue weighted by Gasteiger charge is -2.32. The van der Waals surface area contributed by atoms with E-state index in [1.54, 1.807) is 47.0 Å². The zero-order valence-corrected chi connectivity index (χ0v) is 67.1. The fourth-order valence-corrected chi connectivity index (χ4v) is 20.8. The first kappa shape index (κ1) is 73.4. The molecule has 16 aromatic rings. The number of nitrogens with one attached hydrogen (secondary N) is 4. The van der Waals surface area contributed by atoms with E-state index in [0.29, 0.717) is 45.3 Å². The maximum absolute atomic E-state index is 12.0. The lowest BCUT2D eigenvalue weighted by atomic mass is 10.0. The average molecular weight is 1640 g/mol. The highest BCUT2D eigenvalue weighted by atomic mass is 32.2. The molecule has 0 atom stereocenters. The van der Waals surface area contributed by atoms with Crippen LogP contribution in [0.1, 0.15) is 86.5 Å². The van der Waals surface area contributed by atoms with Gasteiger partial charge in [0.1, 0.15) is 48.1 Å². The van der Waals surface area contributed by atoms with Gasteiger partial charge in [-0.25, -0.2) is 0 Å². The fourth-order valence-electron chi connectivity index (χ4n) is 16.2. The number of fused-ring (bicyclic) bond motifs is 16. The van der Waals surface area contributed by atoms with Gasteiger partial charge >= 0.3 is 0 Å². The van der Waals surface area contributed by atoms with Crippen molar-refractivity contribution in [3.8, 4) is 23.0 Å². The van der Waals surface area contributed by atoms with Crippen LogP contribution in [-0.4, -0.2) is 72.0 Å². The molecule has 0 spiro atoms. The van der Waals surface area contributed by atoms with E-state index in [4.69, 9.17) is 18.9 Å². The van der Waals surface area contributed by atoms with Crippen LogP contribution in [0.3, 0.4) is 0 Å². The number of aldehydes is 4. The number of aromatic amines is 4. The Morgan fingerprint density at radius 2 is 0.442 bits per heavy atom. The number of ether oxygens (including phenoxy) is 4. The molecule has 4 aromatic heterocycles. The van der Waals surface area contributed by atoms with Crippen LogP contribution >= 0.6 is 47.0 Å². The van der Waals surface area contributed by atoms with E-state index in [1.807, 2.05) is 170 Å². The molecule has 0 saturated heterocycles. The minimum atomic E-state index is 0.215. The molecule has 4 N–H and O–H groups in total. The second kappa shape index (κ2) is 31.3. The lowest BCUT2D eigenvalue weighted by Crippen LogP contribution is -2.25. The van der Waals surface area contributed by atoms with E-state index in [9.17, 15) is 19.2 Å². The van der Waals surface area contributed by atoms with Crippen molar-refractivity contribution in [2.45, 2.75) is 39.2 Å². The number of hydrogen-bond acceptors (Lipinski definition) is 16. The van der Waals surface area contributed by atoms with Crippen molar-refractivity contribution in [1.29, 1.82) is 0 Å². The van der Waals surface area contributed by atoms with E-state index in [0.717, 1.165) is 199 Å². The van der Waals surface area contributed by atoms with Crippen molar-refractivity contribution in [1.82, 2.24) is 19.9 Å². The molecule has 9 heterocycles. The Kier molecular flexibility index (Phi) is 19.1. The summed E-state index contributed by atoms with van der Waals surface area (Å²) < 4.78 is 27.0. The highest BCUT2D eigenvalue weighted by Crippen LogP contribution is 2.53. The number of aromatic nitrogens is 4. The van der Waals surface area contributed by atoms with Gasteiger partial charge in [-0.2, -0.15) is 0 Å². The monoisotopic (exact) mass is 1640 g/mol. The number of para-hydroxylation sites is 4. The van der Waals surface area contributed by atoms with Gasteiger partial charge in [-0.05, 0) is 241 Å². The number of hydrogen-bond donors (Lipinski definition) is 4. The van der Waals surface area contributed by atoms with Gasteiger partial charge in [0.15, 0.2) is 26.9 Å². The van der Waals surface area contributed by atoms with Gasteiger partial charge in [-0.1, -0.05) is 144 Å². The summed E-state index contributed by atoms with van der Waals surface area (Å²) >= 11 is 6.57. The third kappa shape index (κ3) is 13.8. The van der Waals surface area contributed by atoms with Crippen LogP contribution in [0.5, 0.6) is 23.0 Å². The maximum atomic E-state index is 12.0. The van der Waals surface area contributed by atoms with Gasteiger partial charge in [0.05, 0.1) is 45.5 Å². The van der Waals surface area contributed by atoms with Crippen LogP contribution in [0.15, 0.2) is 355 Å². The molecule has 5 aliphatic heterocycles. The molecule has 8 bridgehead atoms. The summed E-state index contributed by atoms with van der Waals surface area (Å²) in [6.07, 6.45) is 3.53. The largest absolute Gasteiger partial charge is 0.473 e. The van der Waals surface area contributed by atoms with E-state index >= 15 is 0 Å². The third-order valence-corrected chi connectivity index (χ3v) is 26.5. The molecule has 12 aromatic carbocycles. The van der Waals surface area contributed by atoms with Gasteiger partial charge in [0, 0.05) is 128 Å². The number of anilines is 8. The molecule has 0 aliphatic carbocycles. The topological polar surface area (TPSA) is 181 Å². The molecule has 0 unspecified atom stereocenters. The number of benzene rings is 12. The Morgan fingerprint density at radius 3 is 0.667 bits per heavy atom. The second-order valence-electron chi connectivity index (χ2n) is 29.2. The van der Waals surface area contributed by atoms with E-state index < -0.39 is 0 Å². The maximum Gasteiger partial charge on any atom is 0.165 e. The highest BCUT2D eigenvalue weighted by molar-refractivity contribution is 8.00. The third-order valence-electron chi connectivity index (χ3n) is 22.1. The van der Waals surface area contributed by atoms with Gasteiger partial charge in [0.2, 0.25) is 0 Å². The lowest BCUT2D eigenvalue weighted by molar-refractivity contribution is 0.111. The summed E-state index contributed by atoms with van der Waals surface area (Å²) in [6, 6.07) is 106. The van der Waals surface area contributed by atoms with E-state index in [2.05, 4.69) is 185 Å². The first-order valence-corrected chi connectivity index (χ1v) is 42.2. The van der Waals surface area contributed by atoms with Crippen molar-refractivity contribution in [3.05, 3.63) is 404 Å². The Morgan fingerprint density at radius 1 is 0.225 bits per heavy atom. The summed E-state index contributed by atoms with van der Waals surface area (Å²) in [5, 5.41) is 3.38. The summed E-state index contributed by atoms with van der Waals surface area (Å²) in [5.74, 6) is 2.68. The average Bonchev–Trinajstić information content (AvgIpc) is 1.66. The van der Waals surface area contributed by atoms with Crippen LogP contribution in [0.2, 0.25) is 0 Å². The first-order valence-electron chi connectivity index (χ1n) is 38.9. The summed E-state index contributed by atoms with van der Waals surface area (Å²) in [7, 11) is 0. The summed E-state index contributed by atoms with van der Waals surface area (Å²) in [4.78, 5) is 80.7. The molecule has 21 rings (SSSR count). The minimum absolute atomic E-state index is 0.215. The normalized spacial score (nSPS) is 13.3. The number of rotatable bonds is 20. The van der Waals surface area contributed by atoms with Crippen LogP contribution in [0.25, 0.3) is 22.3 Å². The van der Waals surface area contributed by atoms with Crippen LogP contribution in [0, 0.1) is 0 Å². The van der Waals surface area contributed by atoms with E-state index in [1.165, 1.54) is 0 Å². The molecular weight excluding hydrogens is 1570 g/mol. The van der Waals surface area contributed by atoms with Crippen molar-refractivity contribution < 1.29 is 38.1 Å².